The Labute approximate surface area is 108 Å². The molecule has 1 rings (SSSR count). The molecule has 1 aromatic rings. The molecule has 0 aliphatic heterocycles. The molecule has 4 nitrogen and oxygen atoms in total. The van der Waals surface area contributed by atoms with Gasteiger partial charge in [0.1, 0.15) is 0 Å². The summed E-state index contributed by atoms with van der Waals surface area (Å²) in [7, 11) is -3.38. The molecule has 0 aromatic heterocycles. The van der Waals surface area contributed by atoms with Gasteiger partial charge in [0.2, 0.25) is 0 Å². The van der Waals surface area contributed by atoms with Crippen molar-refractivity contribution in [3.05, 3.63) is 29.3 Å². The van der Waals surface area contributed by atoms with Crippen LogP contribution in [-0.2, 0) is 16.3 Å². The van der Waals surface area contributed by atoms with E-state index in [-0.39, 0.29) is 16.2 Å². The summed E-state index contributed by atoms with van der Waals surface area (Å²) in [4.78, 5) is 11.1. The topological polar surface area (TPSA) is 71.4 Å². The van der Waals surface area contributed by atoms with Gasteiger partial charge in [0.05, 0.1) is 16.2 Å². The molecule has 0 fully saturated rings. The molecule has 0 saturated carbocycles. The van der Waals surface area contributed by atoms with E-state index in [9.17, 15) is 13.2 Å². The van der Waals surface area contributed by atoms with Gasteiger partial charge >= 0.3 is 5.97 Å². The van der Waals surface area contributed by atoms with E-state index in [1.165, 1.54) is 12.1 Å². The highest BCUT2D eigenvalue weighted by Crippen LogP contribution is 2.21. The quantitative estimate of drug-likeness (QED) is 0.862. The second-order valence-corrected chi connectivity index (χ2v) is 6.23. The van der Waals surface area contributed by atoms with E-state index < -0.39 is 15.8 Å². The SMILES string of the molecule is CCCCS(=O)(=O)c1cc(C(=O)O)ccc1CC. The van der Waals surface area contributed by atoms with E-state index in [1.54, 1.807) is 6.07 Å². The summed E-state index contributed by atoms with van der Waals surface area (Å²) in [5.41, 5.74) is 0.693. The number of carboxylic acid groups (broad SMARTS) is 1. The zero-order valence-corrected chi connectivity index (χ0v) is 11.5. The molecule has 1 N–H and O–H groups in total. The van der Waals surface area contributed by atoms with Crippen molar-refractivity contribution in [3.63, 3.8) is 0 Å². The first-order chi connectivity index (χ1) is 8.42. The Balaban J connectivity index is 3.27. The number of aromatic carboxylic acids is 1. The van der Waals surface area contributed by atoms with Gasteiger partial charge in [-0.1, -0.05) is 26.3 Å². The van der Waals surface area contributed by atoms with Gasteiger partial charge in [0.15, 0.2) is 9.84 Å². The lowest BCUT2D eigenvalue weighted by atomic mass is 10.1. The lowest BCUT2D eigenvalue weighted by Crippen LogP contribution is -2.11. The van der Waals surface area contributed by atoms with Gasteiger partial charge in [-0.15, -0.1) is 0 Å². The molecule has 0 radical (unpaired) electrons. The number of carbonyl (C=O) groups is 1. The fraction of sp³-hybridized carbons (Fsp3) is 0.462. The Morgan fingerprint density at radius 3 is 2.44 bits per heavy atom. The second-order valence-electron chi connectivity index (χ2n) is 4.15. The van der Waals surface area contributed by atoms with Crippen molar-refractivity contribution in [2.45, 2.75) is 38.0 Å². The van der Waals surface area contributed by atoms with Crippen LogP contribution in [0.3, 0.4) is 0 Å². The number of sulfone groups is 1. The molecule has 0 aliphatic rings. The predicted octanol–water partition coefficient (Wildman–Crippen LogP) is 2.52. The summed E-state index contributed by atoms with van der Waals surface area (Å²) < 4.78 is 24.3. The minimum Gasteiger partial charge on any atom is -0.478 e. The molecular weight excluding hydrogens is 252 g/mol. The molecule has 100 valence electrons. The van der Waals surface area contributed by atoms with E-state index in [1.807, 2.05) is 13.8 Å². The number of hydrogen-bond acceptors (Lipinski definition) is 3. The first-order valence-electron chi connectivity index (χ1n) is 6.01. The van der Waals surface area contributed by atoms with Crippen LogP contribution in [0, 0.1) is 0 Å². The molecule has 0 unspecified atom stereocenters. The Bertz CT molecular complexity index is 532. The minimum absolute atomic E-state index is 0.0160. The van der Waals surface area contributed by atoms with Gasteiger partial charge in [-0.05, 0) is 30.5 Å². The van der Waals surface area contributed by atoms with E-state index in [0.717, 1.165) is 6.42 Å². The Hall–Kier alpha value is -1.36. The smallest absolute Gasteiger partial charge is 0.335 e. The zero-order chi connectivity index (χ0) is 13.8. The third-order valence-corrected chi connectivity index (χ3v) is 4.67. The number of aryl methyl sites for hydroxylation is 1. The van der Waals surface area contributed by atoms with E-state index in [4.69, 9.17) is 5.11 Å². The fourth-order valence-electron chi connectivity index (χ4n) is 1.71. The van der Waals surface area contributed by atoms with Gasteiger partial charge in [-0.2, -0.15) is 0 Å². The predicted molar refractivity (Wildman–Crippen MR) is 69.7 cm³/mol. The average Bonchev–Trinajstić information content (AvgIpc) is 2.35. The fourth-order valence-corrected chi connectivity index (χ4v) is 3.52. The van der Waals surface area contributed by atoms with Crippen LogP contribution in [0.25, 0.3) is 0 Å². The zero-order valence-electron chi connectivity index (χ0n) is 10.6. The van der Waals surface area contributed by atoms with Gasteiger partial charge in [-0.3, -0.25) is 0 Å². The standard InChI is InChI=1S/C13H18O4S/c1-3-5-8-18(16,17)12-9-11(13(14)15)7-6-10(12)4-2/h6-7,9H,3-5,8H2,1-2H3,(H,14,15). The van der Waals surface area contributed by atoms with Crippen molar-refractivity contribution in [2.24, 2.45) is 0 Å². The first-order valence-corrected chi connectivity index (χ1v) is 7.66. The number of unbranched alkanes of at least 4 members (excludes halogenated alkanes) is 1. The summed E-state index contributed by atoms with van der Waals surface area (Å²) in [6, 6.07) is 4.30. The van der Waals surface area contributed by atoms with Crippen molar-refractivity contribution in [2.75, 3.05) is 5.75 Å². The summed E-state index contributed by atoms with van der Waals surface area (Å²) in [5, 5.41) is 8.92. The highest BCUT2D eigenvalue weighted by molar-refractivity contribution is 7.91. The minimum atomic E-state index is -3.38. The van der Waals surface area contributed by atoms with Gasteiger partial charge in [-0.25, -0.2) is 13.2 Å². The summed E-state index contributed by atoms with van der Waals surface area (Å²) >= 11 is 0. The Kier molecular flexibility index (Phi) is 4.90. The normalized spacial score (nSPS) is 11.4. The van der Waals surface area contributed by atoms with Crippen molar-refractivity contribution in [1.82, 2.24) is 0 Å². The third kappa shape index (κ3) is 3.32. The molecule has 18 heavy (non-hydrogen) atoms. The van der Waals surface area contributed by atoms with Gasteiger partial charge in [0, 0.05) is 0 Å². The van der Waals surface area contributed by atoms with Crippen LogP contribution < -0.4 is 0 Å². The maximum Gasteiger partial charge on any atom is 0.335 e. The van der Waals surface area contributed by atoms with E-state index in [0.29, 0.717) is 18.4 Å². The number of carboxylic acids is 1. The highest BCUT2D eigenvalue weighted by Gasteiger charge is 2.19. The molecule has 0 saturated heterocycles. The maximum absolute atomic E-state index is 12.2. The molecule has 0 amide bonds. The van der Waals surface area contributed by atoms with Gasteiger partial charge in [0.25, 0.3) is 0 Å². The molecule has 5 heteroatoms. The van der Waals surface area contributed by atoms with Crippen LogP contribution in [0.5, 0.6) is 0 Å². The summed E-state index contributed by atoms with van der Waals surface area (Å²) in [6.45, 7) is 3.78. The van der Waals surface area contributed by atoms with Crippen LogP contribution >= 0.6 is 0 Å². The van der Waals surface area contributed by atoms with Crippen molar-refractivity contribution in [3.8, 4) is 0 Å². The summed E-state index contributed by atoms with van der Waals surface area (Å²) in [5.74, 6) is -1.04. The summed E-state index contributed by atoms with van der Waals surface area (Å²) in [6.07, 6.45) is 1.95. The maximum atomic E-state index is 12.2. The number of rotatable bonds is 6. The van der Waals surface area contributed by atoms with Crippen LogP contribution in [0.1, 0.15) is 42.6 Å². The molecule has 0 heterocycles. The molecular formula is C13H18O4S. The second kappa shape index (κ2) is 6.00. The van der Waals surface area contributed by atoms with Crippen LogP contribution in [0.4, 0.5) is 0 Å². The molecule has 0 spiro atoms. The Morgan fingerprint density at radius 1 is 1.28 bits per heavy atom. The van der Waals surface area contributed by atoms with Crippen LogP contribution in [-0.4, -0.2) is 25.2 Å². The van der Waals surface area contributed by atoms with Crippen molar-refractivity contribution in [1.29, 1.82) is 0 Å². The van der Waals surface area contributed by atoms with E-state index >= 15 is 0 Å². The molecule has 0 bridgehead atoms. The number of hydrogen-bond donors (Lipinski definition) is 1. The highest BCUT2D eigenvalue weighted by atomic mass is 32.2. The molecule has 1 aromatic carbocycles. The first kappa shape index (κ1) is 14.7. The van der Waals surface area contributed by atoms with Crippen LogP contribution in [0.15, 0.2) is 23.1 Å². The molecule has 0 atom stereocenters. The monoisotopic (exact) mass is 270 g/mol. The number of benzene rings is 1. The lowest BCUT2D eigenvalue weighted by molar-refractivity contribution is 0.0696. The Morgan fingerprint density at radius 2 is 1.94 bits per heavy atom. The average molecular weight is 270 g/mol. The van der Waals surface area contributed by atoms with Crippen molar-refractivity contribution >= 4 is 15.8 Å². The largest absolute Gasteiger partial charge is 0.478 e. The van der Waals surface area contributed by atoms with Gasteiger partial charge < -0.3 is 5.11 Å². The van der Waals surface area contributed by atoms with Crippen molar-refractivity contribution < 1.29 is 18.3 Å². The lowest BCUT2D eigenvalue weighted by Gasteiger charge is -2.10. The third-order valence-electron chi connectivity index (χ3n) is 2.80. The van der Waals surface area contributed by atoms with E-state index in [2.05, 4.69) is 0 Å². The van der Waals surface area contributed by atoms with Crippen LogP contribution in [0.2, 0.25) is 0 Å². The molecule has 0 aliphatic carbocycles.